The van der Waals surface area contributed by atoms with E-state index in [0.29, 0.717) is 0 Å². The molecule has 1 aromatic carbocycles. The first kappa shape index (κ1) is 16.6. The Balaban J connectivity index is 1.73. The van der Waals surface area contributed by atoms with Gasteiger partial charge in [0.25, 0.3) is 0 Å². The van der Waals surface area contributed by atoms with Crippen LogP contribution >= 0.6 is 0 Å². The summed E-state index contributed by atoms with van der Waals surface area (Å²) in [5.74, 6) is 0.989. The largest absolute Gasteiger partial charge is 0.0654 e. The predicted molar refractivity (Wildman–Crippen MR) is 93.9 cm³/mol. The molecular formula is C21H34. The number of rotatable bonds is 9. The van der Waals surface area contributed by atoms with Crippen LogP contribution in [0.2, 0.25) is 0 Å². The van der Waals surface area contributed by atoms with Crippen molar-refractivity contribution in [1.29, 1.82) is 0 Å². The minimum Gasteiger partial charge on any atom is -0.0654 e. The van der Waals surface area contributed by atoms with E-state index in [9.17, 15) is 0 Å². The van der Waals surface area contributed by atoms with Gasteiger partial charge < -0.3 is 0 Å². The fourth-order valence-corrected chi connectivity index (χ4v) is 3.95. The summed E-state index contributed by atoms with van der Waals surface area (Å²) >= 11 is 0. The van der Waals surface area contributed by atoms with E-state index in [-0.39, 0.29) is 0 Å². The van der Waals surface area contributed by atoms with Crippen LogP contribution in [0.5, 0.6) is 0 Å². The van der Waals surface area contributed by atoms with Gasteiger partial charge in [-0.3, -0.25) is 0 Å². The molecule has 0 atom stereocenters. The summed E-state index contributed by atoms with van der Waals surface area (Å²) in [7, 11) is 0. The third kappa shape index (κ3) is 5.49. The lowest BCUT2D eigenvalue weighted by atomic mass is 9.89. The highest BCUT2D eigenvalue weighted by Crippen LogP contribution is 2.24. The Morgan fingerprint density at radius 2 is 1.57 bits per heavy atom. The second-order valence-electron chi connectivity index (χ2n) is 7.00. The van der Waals surface area contributed by atoms with Gasteiger partial charge in [0.15, 0.2) is 0 Å². The van der Waals surface area contributed by atoms with E-state index in [0.717, 1.165) is 5.92 Å². The Kier molecular flexibility index (Phi) is 7.33. The van der Waals surface area contributed by atoms with Crippen molar-refractivity contribution in [1.82, 2.24) is 0 Å². The number of hydrogen-bond donors (Lipinski definition) is 0. The standard InChI is InChI=1S/C21H34/c1-3-9-18(10-4-2)11-5-6-12-19-15-16-20-13-7-8-14-21(20)17-19/h15-18H,3-14H2,1-2H3. The third-order valence-electron chi connectivity index (χ3n) is 5.13. The molecule has 0 amide bonds. The first-order valence-corrected chi connectivity index (χ1v) is 9.44. The Labute approximate surface area is 132 Å². The van der Waals surface area contributed by atoms with Gasteiger partial charge in [-0.05, 0) is 61.1 Å². The summed E-state index contributed by atoms with van der Waals surface area (Å²) in [6.45, 7) is 4.66. The minimum absolute atomic E-state index is 0.989. The molecule has 0 N–H and O–H groups in total. The van der Waals surface area contributed by atoms with Crippen molar-refractivity contribution >= 4 is 0 Å². The molecule has 2 rings (SSSR count). The van der Waals surface area contributed by atoms with Gasteiger partial charge >= 0.3 is 0 Å². The number of unbranched alkanes of at least 4 members (excludes halogenated alkanes) is 1. The molecule has 1 aromatic rings. The first-order chi connectivity index (χ1) is 10.3. The maximum absolute atomic E-state index is 2.50. The van der Waals surface area contributed by atoms with Crippen molar-refractivity contribution in [3.05, 3.63) is 34.9 Å². The van der Waals surface area contributed by atoms with E-state index in [1.807, 2.05) is 0 Å². The van der Waals surface area contributed by atoms with Crippen LogP contribution in [0.3, 0.4) is 0 Å². The van der Waals surface area contributed by atoms with E-state index < -0.39 is 0 Å². The molecule has 0 heterocycles. The van der Waals surface area contributed by atoms with Crippen molar-refractivity contribution in [2.24, 2.45) is 5.92 Å². The molecule has 0 aliphatic heterocycles. The highest BCUT2D eigenvalue weighted by molar-refractivity contribution is 5.33. The molecule has 0 spiro atoms. The lowest BCUT2D eigenvalue weighted by molar-refractivity contribution is 0.395. The Morgan fingerprint density at radius 1 is 0.857 bits per heavy atom. The lowest BCUT2D eigenvalue weighted by Crippen LogP contribution is -2.03. The fourth-order valence-electron chi connectivity index (χ4n) is 3.95. The molecule has 21 heavy (non-hydrogen) atoms. The Bertz CT molecular complexity index is 398. The van der Waals surface area contributed by atoms with Crippen molar-refractivity contribution in [3.63, 3.8) is 0 Å². The van der Waals surface area contributed by atoms with Gasteiger partial charge in [0.1, 0.15) is 0 Å². The molecule has 0 heteroatoms. The molecule has 0 saturated carbocycles. The summed E-state index contributed by atoms with van der Waals surface area (Å²) in [4.78, 5) is 0. The average Bonchev–Trinajstić information content (AvgIpc) is 2.52. The van der Waals surface area contributed by atoms with Crippen LogP contribution in [-0.2, 0) is 19.3 Å². The second kappa shape index (κ2) is 9.28. The zero-order valence-electron chi connectivity index (χ0n) is 14.3. The normalized spacial score (nSPS) is 14.4. The third-order valence-corrected chi connectivity index (χ3v) is 5.13. The highest BCUT2D eigenvalue weighted by atomic mass is 14.2. The number of aryl methyl sites for hydroxylation is 3. The van der Waals surface area contributed by atoms with Crippen molar-refractivity contribution in [2.75, 3.05) is 0 Å². The van der Waals surface area contributed by atoms with Crippen molar-refractivity contribution in [3.8, 4) is 0 Å². The molecule has 1 aliphatic carbocycles. The molecule has 0 bridgehead atoms. The summed E-state index contributed by atoms with van der Waals surface area (Å²) in [6.07, 6.45) is 16.5. The van der Waals surface area contributed by atoms with Gasteiger partial charge in [-0.15, -0.1) is 0 Å². The van der Waals surface area contributed by atoms with E-state index in [4.69, 9.17) is 0 Å². The quantitative estimate of drug-likeness (QED) is 0.455. The van der Waals surface area contributed by atoms with Gasteiger partial charge in [-0.2, -0.15) is 0 Å². The molecule has 0 nitrogen and oxygen atoms in total. The summed E-state index contributed by atoms with van der Waals surface area (Å²) in [5, 5.41) is 0. The zero-order valence-corrected chi connectivity index (χ0v) is 14.3. The zero-order chi connectivity index (χ0) is 14.9. The second-order valence-corrected chi connectivity index (χ2v) is 7.00. The molecule has 0 fully saturated rings. The summed E-state index contributed by atoms with van der Waals surface area (Å²) < 4.78 is 0. The summed E-state index contributed by atoms with van der Waals surface area (Å²) in [6, 6.07) is 7.30. The van der Waals surface area contributed by atoms with E-state index >= 15 is 0 Å². The van der Waals surface area contributed by atoms with Crippen LogP contribution in [0.15, 0.2) is 18.2 Å². The minimum atomic E-state index is 0.989. The van der Waals surface area contributed by atoms with E-state index in [1.165, 1.54) is 77.0 Å². The van der Waals surface area contributed by atoms with E-state index in [1.54, 1.807) is 16.7 Å². The number of fused-ring (bicyclic) bond motifs is 1. The van der Waals surface area contributed by atoms with E-state index in [2.05, 4.69) is 32.0 Å². The smallest absolute Gasteiger partial charge is 0.0276 e. The van der Waals surface area contributed by atoms with Crippen LogP contribution in [0, 0.1) is 5.92 Å². The van der Waals surface area contributed by atoms with Gasteiger partial charge in [0.05, 0.1) is 0 Å². The molecular weight excluding hydrogens is 252 g/mol. The van der Waals surface area contributed by atoms with Crippen LogP contribution in [-0.4, -0.2) is 0 Å². The van der Waals surface area contributed by atoms with Gasteiger partial charge in [-0.1, -0.05) is 70.6 Å². The van der Waals surface area contributed by atoms with Gasteiger partial charge in [0.2, 0.25) is 0 Å². The van der Waals surface area contributed by atoms with Crippen molar-refractivity contribution in [2.45, 2.75) is 90.9 Å². The Hall–Kier alpha value is -0.780. The van der Waals surface area contributed by atoms with Gasteiger partial charge in [-0.25, -0.2) is 0 Å². The lowest BCUT2D eigenvalue weighted by Gasteiger charge is -2.17. The number of benzene rings is 1. The molecule has 0 saturated heterocycles. The molecule has 0 aromatic heterocycles. The molecule has 118 valence electrons. The SMILES string of the molecule is CCCC(CCC)CCCCc1ccc2c(c1)CCCC2. The van der Waals surface area contributed by atoms with Crippen molar-refractivity contribution < 1.29 is 0 Å². The fraction of sp³-hybridized carbons (Fsp3) is 0.714. The topological polar surface area (TPSA) is 0 Å². The average molecular weight is 287 g/mol. The summed E-state index contributed by atoms with van der Waals surface area (Å²) in [5.41, 5.74) is 4.85. The monoisotopic (exact) mass is 286 g/mol. The maximum Gasteiger partial charge on any atom is -0.0276 e. The Morgan fingerprint density at radius 3 is 2.29 bits per heavy atom. The van der Waals surface area contributed by atoms with Crippen LogP contribution in [0.25, 0.3) is 0 Å². The molecule has 0 unspecified atom stereocenters. The van der Waals surface area contributed by atoms with Crippen LogP contribution in [0.4, 0.5) is 0 Å². The molecule has 1 aliphatic rings. The van der Waals surface area contributed by atoms with Gasteiger partial charge in [0, 0.05) is 0 Å². The maximum atomic E-state index is 2.50. The first-order valence-electron chi connectivity index (χ1n) is 9.44. The predicted octanol–water partition coefficient (Wildman–Crippen LogP) is 6.49. The number of hydrogen-bond acceptors (Lipinski definition) is 0. The van der Waals surface area contributed by atoms with Crippen LogP contribution in [0.1, 0.15) is 88.3 Å². The molecule has 0 radical (unpaired) electrons. The highest BCUT2D eigenvalue weighted by Gasteiger charge is 2.10. The van der Waals surface area contributed by atoms with Crippen LogP contribution < -0.4 is 0 Å².